The van der Waals surface area contributed by atoms with E-state index in [1.807, 2.05) is 26.0 Å². The third kappa shape index (κ3) is 4.06. The number of rotatable bonds is 6. The molecule has 2 aromatic carbocycles. The van der Waals surface area contributed by atoms with E-state index < -0.39 is 22.0 Å². The summed E-state index contributed by atoms with van der Waals surface area (Å²) >= 11 is 0.948. The van der Waals surface area contributed by atoms with Gasteiger partial charge in [-0.3, -0.25) is 4.79 Å². The van der Waals surface area contributed by atoms with Crippen molar-refractivity contribution in [2.75, 3.05) is 5.32 Å². The Morgan fingerprint density at radius 3 is 2.50 bits per heavy atom. The lowest BCUT2D eigenvalue weighted by molar-refractivity contribution is -0.118. The summed E-state index contributed by atoms with van der Waals surface area (Å²) in [6.07, 6.45) is 0. The number of nitrogens with zero attached hydrogens (tertiary/aromatic N) is 2. The molecule has 1 amide bonds. The molecule has 1 unspecified atom stereocenters. The van der Waals surface area contributed by atoms with E-state index >= 15 is 0 Å². The molecule has 0 fully saturated rings. The van der Waals surface area contributed by atoms with Crippen LogP contribution in [0.15, 0.2) is 41.3 Å². The van der Waals surface area contributed by atoms with E-state index in [9.17, 15) is 13.2 Å². The Balaban J connectivity index is 1.89. The van der Waals surface area contributed by atoms with Crippen LogP contribution in [-0.4, -0.2) is 29.1 Å². The first-order valence-corrected chi connectivity index (χ1v) is 11.0. The zero-order valence-corrected chi connectivity index (χ0v) is 17.7. The Morgan fingerprint density at radius 2 is 1.79 bits per heavy atom. The first-order valence-electron chi connectivity index (χ1n) is 8.81. The lowest BCUT2D eigenvalue weighted by Crippen LogP contribution is -2.47. The second-order valence-corrected chi connectivity index (χ2v) is 9.18. The number of hydrogen-bond acceptors (Lipinski definition) is 6. The van der Waals surface area contributed by atoms with E-state index in [-0.39, 0.29) is 10.8 Å². The topological polar surface area (TPSA) is 101 Å². The Labute approximate surface area is 168 Å². The van der Waals surface area contributed by atoms with Gasteiger partial charge in [-0.05, 0) is 49.1 Å². The van der Waals surface area contributed by atoms with Crippen LogP contribution >= 0.6 is 11.7 Å². The monoisotopic (exact) mass is 418 g/mol. The zero-order valence-electron chi connectivity index (χ0n) is 16.1. The fraction of sp³-hybridized carbons (Fsp3) is 0.316. The molecule has 0 aliphatic carbocycles. The maximum atomic E-state index is 13.0. The van der Waals surface area contributed by atoms with Crippen LogP contribution in [0.1, 0.15) is 25.0 Å². The lowest BCUT2D eigenvalue weighted by Gasteiger charge is -2.22. The van der Waals surface area contributed by atoms with Gasteiger partial charge in [0.25, 0.3) is 0 Å². The van der Waals surface area contributed by atoms with Crippen molar-refractivity contribution in [2.24, 2.45) is 5.92 Å². The summed E-state index contributed by atoms with van der Waals surface area (Å²) < 4.78 is 36.7. The molecule has 0 radical (unpaired) electrons. The first-order chi connectivity index (χ1) is 13.2. The molecule has 9 heteroatoms. The number of aromatic nitrogens is 2. The predicted molar refractivity (Wildman–Crippen MR) is 111 cm³/mol. The summed E-state index contributed by atoms with van der Waals surface area (Å²) in [7, 11) is -3.96. The van der Waals surface area contributed by atoms with Crippen LogP contribution in [-0.2, 0) is 14.8 Å². The zero-order chi connectivity index (χ0) is 20.5. The van der Waals surface area contributed by atoms with Gasteiger partial charge in [-0.1, -0.05) is 32.0 Å². The van der Waals surface area contributed by atoms with Crippen molar-refractivity contribution in [3.8, 4) is 0 Å². The summed E-state index contributed by atoms with van der Waals surface area (Å²) in [4.78, 5) is 12.9. The summed E-state index contributed by atoms with van der Waals surface area (Å²) in [5.41, 5.74) is 3.47. The van der Waals surface area contributed by atoms with Gasteiger partial charge in [0.05, 0.1) is 11.7 Å². The molecule has 148 valence electrons. The SMILES string of the molecule is Cc1cccc(NC(=O)C(NS(=O)(=O)c2cccc3nsnc23)C(C)C)c1C. The fourth-order valence-electron chi connectivity index (χ4n) is 2.82. The largest absolute Gasteiger partial charge is 0.324 e. The maximum Gasteiger partial charge on any atom is 0.243 e. The highest BCUT2D eigenvalue weighted by Crippen LogP contribution is 2.23. The quantitative estimate of drug-likeness (QED) is 0.640. The first kappa shape index (κ1) is 20.4. The van der Waals surface area contributed by atoms with Crippen molar-refractivity contribution in [3.05, 3.63) is 47.5 Å². The number of fused-ring (bicyclic) bond motifs is 1. The van der Waals surface area contributed by atoms with Gasteiger partial charge in [0.2, 0.25) is 15.9 Å². The van der Waals surface area contributed by atoms with Crippen LogP contribution in [0.2, 0.25) is 0 Å². The standard InChI is InChI=1S/C19H22N4O3S2/c1-11(2)17(19(24)20-14-8-5-7-12(3)13(14)4)23-28(25,26)16-10-6-9-15-18(16)22-27-21-15/h5-11,17,23H,1-4H3,(H,20,24). The molecule has 28 heavy (non-hydrogen) atoms. The molecule has 0 spiro atoms. The minimum atomic E-state index is -3.96. The van der Waals surface area contributed by atoms with Crippen LogP contribution in [0.5, 0.6) is 0 Å². The van der Waals surface area contributed by atoms with E-state index in [0.29, 0.717) is 16.7 Å². The smallest absolute Gasteiger partial charge is 0.243 e. The van der Waals surface area contributed by atoms with Crippen LogP contribution in [0.3, 0.4) is 0 Å². The molecule has 2 N–H and O–H groups in total. The van der Waals surface area contributed by atoms with Crippen molar-refractivity contribution >= 4 is 44.4 Å². The number of carbonyl (C=O) groups is 1. The molecule has 0 bridgehead atoms. The summed E-state index contributed by atoms with van der Waals surface area (Å²) in [6, 6.07) is 9.44. The van der Waals surface area contributed by atoms with Crippen LogP contribution in [0.4, 0.5) is 5.69 Å². The number of hydrogen-bond donors (Lipinski definition) is 2. The molecule has 0 saturated carbocycles. The van der Waals surface area contributed by atoms with Crippen LogP contribution in [0, 0.1) is 19.8 Å². The highest BCUT2D eigenvalue weighted by atomic mass is 32.2. The molecule has 0 aliphatic rings. The number of benzene rings is 2. The van der Waals surface area contributed by atoms with Crippen molar-refractivity contribution in [2.45, 2.75) is 38.6 Å². The average molecular weight is 419 g/mol. The van der Waals surface area contributed by atoms with Gasteiger partial charge < -0.3 is 5.32 Å². The second-order valence-electron chi connectivity index (χ2n) is 6.97. The van der Waals surface area contributed by atoms with Gasteiger partial charge in [-0.15, -0.1) is 0 Å². The number of amides is 1. The third-order valence-corrected chi connectivity index (χ3v) is 6.65. The van der Waals surface area contributed by atoms with E-state index in [1.165, 1.54) is 6.07 Å². The number of carbonyl (C=O) groups excluding carboxylic acids is 1. The maximum absolute atomic E-state index is 13.0. The number of aryl methyl sites for hydroxylation is 1. The molecular weight excluding hydrogens is 396 g/mol. The van der Waals surface area contributed by atoms with Gasteiger partial charge in [0.1, 0.15) is 22.0 Å². The molecule has 1 aromatic heterocycles. The second kappa shape index (κ2) is 7.94. The summed E-state index contributed by atoms with van der Waals surface area (Å²) in [6.45, 7) is 7.45. The molecule has 1 heterocycles. The van der Waals surface area contributed by atoms with E-state index in [2.05, 4.69) is 18.8 Å². The highest BCUT2D eigenvalue weighted by Gasteiger charge is 2.30. The van der Waals surface area contributed by atoms with Gasteiger partial charge in [0.15, 0.2) is 0 Å². The fourth-order valence-corrected chi connectivity index (χ4v) is 4.93. The Hall–Kier alpha value is -2.36. The van der Waals surface area contributed by atoms with Gasteiger partial charge in [-0.2, -0.15) is 13.5 Å². The Morgan fingerprint density at radius 1 is 1.07 bits per heavy atom. The third-order valence-electron chi connectivity index (χ3n) is 4.63. The van der Waals surface area contributed by atoms with E-state index in [1.54, 1.807) is 32.0 Å². The molecule has 3 rings (SSSR count). The van der Waals surface area contributed by atoms with Crippen LogP contribution in [0.25, 0.3) is 11.0 Å². The van der Waals surface area contributed by atoms with Gasteiger partial charge >= 0.3 is 0 Å². The molecule has 0 aliphatic heterocycles. The average Bonchev–Trinajstić information content (AvgIpc) is 3.12. The van der Waals surface area contributed by atoms with Crippen molar-refractivity contribution in [1.29, 1.82) is 0 Å². The molecule has 7 nitrogen and oxygen atoms in total. The normalized spacial score (nSPS) is 13.0. The van der Waals surface area contributed by atoms with E-state index in [4.69, 9.17) is 0 Å². The van der Waals surface area contributed by atoms with Gasteiger partial charge in [0, 0.05) is 5.69 Å². The summed E-state index contributed by atoms with van der Waals surface area (Å²) in [5, 5.41) is 2.85. The minimum absolute atomic E-state index is 0.0175. The minimum Gasteiger partial charge on any atom is -0.324 e. The van der Waals surface area contributed by atoms with E-state index in [0.717, 1.165) is 22.9 Å². The van der Waals surface area contributed by atoms with Crippen LogP contribution < -0.4 is 10.0 Å². The highest BCUT2D eigenvalue weighted by molar-refractivity contribution is 7.89. The lowest BCUT2D eigenvalue weighted by atomic mass is 10.0. The molecular formula is C19H22N4O3S2. The molecule has 3 aromatic rings. The number of anilines is 1. The molecule has 0 saturated heterocycles. The summed E-state index contributed by atoms with van der Waals surface area (Å²) in [5.74, 6) is -0.663. The van der Waals surface area contributed by atoms with Crippen molar-refractivity contribution in [1.82, 2.24) is 13.5 Å². The Bertz CT molecular complexity index is 1120. The number of sulfonamides is 1. The van der Waals surface area contributed by atoms with Crippen molar-refractivity contribution in [3.63, 3.8) is 0 Å². The molecule has 1 atom stereocenters. The van der Waals surface area contributed by atoms with Gasteiger partial charge in [-0.25, -0.2) is 8.42 Å². The Kier molecular flexibility index (Phi) is 5.78. The number of nitrogens with one attached hydrogen (secondary N) is 2. The predicted octanol–water partition coefficient (Wildman–Crippen LogP) is 3.25. The van der Waals surface area contributed by atoms with Crippen molar-refractivity contribution < 1.29 is 13.2 Å².